The first-order chi connectivity index (χ1) is 5.83. The van der Waals surface area contributed by atoms with Crippen LogP contribution in [-0.4, -0.2) is 11.0 Å². The van der Waals surface area contributed by atoms with Gasteiger partial charge in [0.05, 0.1) is 6.26 Å². The summed E-state index contributed by atoms with van der Waals surface area (Å²) in [7, 11) is 0. The number of oxime groups is 1. The fourth-order valence-corrected chi connectivity index (χ4v) is 1.29. The van der Waals surface area contributed by atoms with Gasteiger partial charge in [0.2, 0.25) is 5.84 Å². The smallest absolute Gasteiger partial charge is 0.206 e. The monoisotopic (exact) mass is 166 g/mol. The van der Waals surface area contributed by atoms with Crippen molar-refractivity contribution in [1.29, 1.82) is 0 Å². The van der Waals surface area contributed by atoms with Gasteiger partial charge in [-0.2, -0.15) is 0 Å². The van der Waals surface area contributed by atoms with Crippen molar-refractivity contribution in [3.05, 3.63) is 23.7 Å². The minimum Gasteiger partial charge on any atom is -0.461 e. The van der Waals surface area contributed by atoms with Crippen molar-refractivity contribution in [2.24, 2.45) is 10.9 Å². The van der Waals surface area contributed by atoms with E-state index in [1.807, 2.05) is 6.07 Å². The molecule has 0 aromatic carbocycles. The molecular formula is C8H10N2O2. The first-order valence-electron chi connectivity index (χ1n) is 3.88. The number of rotatable bonds is 2. The number of nitrogens with zero attached hydrogens (tertiary/aromatic N) is 1. The summed E-state index contributed by atoms with van der Waals surface area (Å²) in [6.45, 7) is 0. The van der Waals surface area contributed by atoms with Gasteiger partial charge < -0.3 is 15.4 Å². The van der Waals surface area contributed by atoms with E-state index in [0.29, 0.717) is 11.7 Å². The van der Waals surface area contributed by atoms with Gasteiger partial charge in [0.25, 0.3) is 0 Å². The van der Waals surface area contributed by atoms with Gasteiger partial charge in [0, 0.05) is 5.56 Å². The number of hydrogen-bond acceptors (Lipinski definition) is 3. The van der Waals surface area contributed by atoms with Gasteiger partial charge in [0.15, 0.2) is 5.76 Å². The maximum Gasteiger partial charge on any atom is 0.206 e. The number of nitrogens with two attached hydrogens (primary N) is 1. The van der Waals surface area contributed by atoms with E-state index >= 15 is 0 Å². The van der Waals surface area contributed by atoms with Gasteiger partial charge >= 0.3 is 0 Å². The van der Waals surface area contributed by atoms with E-state index in [1.165, 1.54) is 12.8 Å². The molecule has 64 valence electrons. The van der Waals surface area contributed by atoms with Crippen LogP contribution in [0.2, 0.25) is 0 Å². The molecule has 12 heavy (non-hydrogen) atoms. The van der Waals surface area contributed by atoms with Crippen LogP contribution in [0.5, 0.6) is 0 Å². The van der Waals surface area contributed by atoms with E-state index in [1.54, 1.807) is 6.26 Å². The average molecular weight is 166 g/mol. The van der Waals surface area contributed by atoms with E-state index in [0.717, 1.165) is 5.56 Å². The van der Waals surface area contributed by atoms with E-state index < -0.39 is 0 Å². The summed E-state index contributed by atoms with van der Waals surface area (Å²) in [6, 6.07) is 1.88. The van der Waals surface area contributed by atoms with Crippen LogP contribution in [0.3, 0.4) is 0 Å². The molecule has 0 aliphatic heterocycles. The quantitative estimate of drug-likeness (QED) is 0.300. The van der Waals surface area contributed by atoms with Crippen molar-refractivity contribution in [2.45, 2.75) is 18.8 Å². The van der Waals surface area contributed by atoms with Gasteiger partial charge in [-0.05, 0) is 24.8 Å². The molecule has 1 aromatic rings. The van der Waals surface area contributed by atoms with Crippen LogP contribution >= 0.6 is 0 Å². The predicted molar refractivity (Wildman–Crippen MR) is 43.2 cm³/mol. The van der Waals surface area contributed by atoms with Gasteiger partial charge in [-0.3, -0.25) is 0 Å². The standard InChI is InChI=1S/C8H10N2O2/c9-8(10-11)7-6(3-4-12-7)5-1-2-5/h3-5,11H,1-2H2,(H2,9,10). The highest BCUT2D eigenvalue weighted by molar-refractivity contribution is 5.96. The molecule has 2 rings (SSSR count). The highest BCUT2D eigenvalue weighted by atomic mass is 16.4. The molecule has 0 saturated heterocycles. The first-order valence-corrected chi connectivity index (χ1v) is 3.88. The second kappa shape index (κ2) is 2.55. The molecule has 3 N–H and O–H groups in total. The lowest BCUT2D eigenvalue weighted by molar-refractivity contribution is 0.317. The molecule has 0 amide bonds. The molecule has 0 unspecified atom stereocenters. The Morgan fingerprint density at radius 1 is 1.67 bits per heavy atom. The van der Waals surface area contributed by atoms with Crippen LogP contribution in [0.25, 0.3) is 0 Å². The van der Waals surface area contributed by atoms with E-state index in [2.05, 4.69) is 5.16 Å². The van der Waals surface area contributed by atoms with Crippen molar-refractivity contribution in [3.8, 4) is 0 Å². The fourth-order valence-electron chi connectivity index (χ4n) is 1.29. The summed E-state index contributed by atoms with van der Waals surface area (Å²) < 4.78 is 5.10. The molecule has 0 bridgehead atoms. The molecule has 1 fully saturated rings. The normalized spacial score (nSPS) is 18.2. The molecular weight excluding hydrogens is 156 g/mol. The van der Waals surface area contributed by atoms with Crippen LogP contribution in [0, 0.1) is 0 Å². The predicted octanol–water partition coefficient (Wildman–Crippen LogP) is 1.25. The lowest BCUT2D eigenvalue weighted by Crippen LogP contribution is -2.13. The summed E-state index contributed by atoms with van der Waals surface area (Å²) in [4.78, 5) is 0. The second-order valence-corrected chi connectivity index (χ2v) is 2.96. The van der Waals surface area contributed by atoms with E-state index in [4.69, 9.17) is 15.4 Å². The Hall–Kier alpha value is -1.45. The van der Waals surface area contributed by atoms with Gasteiger partial charge in [-0.1, -0.05) is 5.16 Å². The Morgan fingerprint density at radius 2 is 2.42 bits per heavy atom. The van der Waals surface area contributed by atoms with Crippen molar-refractivity contribution in [1.82, 2.24) is 0 Å². The summed E-state index contributed by atoms with van der Waals surface area (Å²) >= 11 is 0. The Morgan fingerprint density at radius 3 is 3.00 bits per heavy atom. The molecule has 4 nitrogen and oxygen atoms in total. The highest BCUT2D eigenvalue weighted by Gasteiger charge is 2.28. The molecule has 0 spiro atoms. The zero-order valence-corrected chi connectivity index (χ0v) is 6.53. The van der Waals surface area contributed by atoms with Crippen LogP contribution in [0.1, 0.15) is 30.1 Å². The van der Waals surface area contributed by atoms with E-state index in [9.17, 15) is 0 Å². The molecule has 1 aromatic heterocycles. The third-order valence-electron chi connectivity index (χ3n) is 2.05. The van der Waals surface area contributed by atoms with Crippen molar-refractivity contribution >= 4 is 5.84 Å². The number of amidine groups is 1. The summed E-state index contributed by atoms with van der Waals surface area (Å²) in [5.41, 5.74) is 6.47. The molecule has 1 aliphatic carbocycles. The Balaban J connectivity index is 2.35. The Kier molecular flexibility index (Phi) is 1.53. The first kappa shape index (κ1) is 7.21. The van der Waals surface area contributed by atoms with Gasteiger partial charge in [0.1, 0.15) is 0 Å². The highest BCUT2D eigenvalue weighted by Crippen LogP contribution is 2.41. The van der Waals surface area contributed by atoms with Gasteiger partial charge in [-0.25, -0.2) is 0 Å². The Bertz CT molecular complexity index is 313. The van der Waals surface area contributed by atoms with E-state index in [-0.39, 0.29) is 5.84 Å². The van der Waals surface area contributed by atoms with Crippen molar-refractivity contribution in [3.63, 3.8) is 0 Å². The van der Waals surface area contributed by atoms with Gasteiger partial charge in [-0.15, -0.1) is 0 Å². The third-order valence-corrected chi connectivity index (χ3v) is 2.05. The molecule has 1 heterocycles. The maximum absolute atomic E-state index is 8.44. The largest absolute Gasteiger partial charge is 0.461 e. The van der Waals surface area contributed by atoms with Crippen LogP contribution < -0.4 is 5.73 Å². The molecule has 1 aliphatic rings. The average Bonchev–Trinajstić information content (AvgIpc) is 2.83. The molecule has 0 radical (unpaired) electrons. The zero-order valence-electron chi connectivity index (χ0n) is 6.53. The Labute approximate surface area is 69.7 Å². The fraction of sp³-hybridized carbons (Fsp3) is 0.375. The number of furan rings is 1. The van der Waals surface area contributed by atoms with Crippen molar-refractivity contribution in [2.75, 3.05) is 0 Å². The van der Waals surface area contributed by atoms with Crippen LogP contribution in [-0.2, 0) is 0 Å². The van der Waals surface area contributed by atoms with Crippen LogP contribution in [0.4, 0.5) is 0 Å². The maximum atomic E-state index is 8.44. The second-order valence-electron chi connectivity index (χ2n) is 2.96. The molecule has 0 atom stereocenters. The lowest BCUT2D eigenvalue weighted by atomic mass is 10.1. The summed E-state index contributed by atoms with van der Waals surface area (Å²) in [5.74, 6) is 1.13. The summed E-state index contributed by atoms with van der Waals surface area (Å²) in [5, 5.41) is 11.3. The van der Waals surface area contributed by atoms with Crippen molar-refractivity contribution < 1.29 is 9.62 Å². The zero-order chi connectivity index (χ0) is 8.55. The van der Waals surface area contributed by atoms with Crippen LogP contribution in [0.15, 0.2) is 21.9 Å². The topological polar surface area (TPSA) is 71.8 Å². The summed E-state index contributed by atoms with van der Waals surface area (Å²) in [6.07, 6.45) is 3.91. The molecule has 4 heteroatoms. The third kappa shape index (κ3) is 1.05. The number of hydrogen-bond donors (Lipinski definition) is 2. The molecule has 1 saturated carbocycles. The lowest BCUT2D eigenvalue weighted by Gasteiger charge is -1.96. The SMILES string of the molecule is N/C(=N\O)c1occc1C1CC1. The minimum atomic E-state index is 0.0573. The minimum absolute atomic E-state index is 0.0573.